The quantitative estimate of drug-likeness (QED) is 0.256. The Bertz CT molecular complexity index is 1270. The van der Waals surface area contributed by atoms with Crippen LogP contribution in [0.2, 0.25) is 5.02 Å². The van der Waals surface area contributed by atoms with Crippen LogP contribution in [0.15, 0.2) is 70.4 Å². The standard InChI is InChI=1S/C25H22ClN3O3S2/c1-4-11-29-23(30)22(34-25(29)28-24-27-16(2)15-33-24)13-18-7-10-20(21(12-18)31-3)32-14-17-5-8-19(26)9-6-17/h4-10,12-13,15H,1,11,14H2,2-3H3/b22-13-,28-25+. The normalized spacial score (nSPS) is 15.9. The maximum Gasteiger partial charge on any atom is 0.267 e. The number of hydrogen-bond acceptors (Lipinski definition) is 7. The van der Waals surface area contributed by atoms with Gasteiger partial charge in [-0.1, -0.05) is 35.9 Å². The molecule has 1 fully saturated rings. The average Bonchev–Trinajstić information content (AvgIpc) is 3.37. The summed E-state index contributed by atoms with van der Waals surface area (Å²) in [5.74, 6) is 1.06. The van der Waals surface area contributed by atoms with E-state index in [0.717, 1.165) is 16.8 Å². The highest BCUT2D eigenvalue weighted by Gasteiger charge is 2.33. The third kappa shape index (κ3) is 5.70. The van der Waals surface area contributed by atoms with E-state index in [9.17, 15) is 4.79 Å². The molecule has 0 atom stereocenters. The van der Waals surface area contributed by atoms with Crippen molar-refractivity contribution < 1.29 is 14.3 Å². The largest absolute Gasteiger partial charge is 0.493 e. The fraction of sp³-hybridized carbons (Fsp3) is 0.160. The van der Waals surface area contributed by atoms with E-state index < -0.39 is 0 Å². The molecule has 6 nitrogen and oxygen atoms in total. The first kappa shape index (κ1) is 24.1. The van der Waals surface area contributed by atoms with E-state index in [1.807, 2.05) is 60.8 Å². The van der Waals surface area contributed by atoms with Gasteiger partial charge in [0.05, 0.1) is 17.7 Å². The number of thiazole rings is 1. The number of carbonyl (C=O) groups is 1. The lowest BCUT2D eigenvalue weighted by molar-refractivity contribution is -0.121. The van der Waals surface area contributed by atoms with Crippen molar-refractivity contribution in [2.45, 2.75) is 13.5 Å². The van der Waals surface area contributed by atoms with E-state index in [4.69, 9.17) is 21.1 Å². The van der Waals surface area contributed by atoms with Crippen LogP contribution >= 0.6 is 34.7 Å². The Kier molecular flexibility index (Phi) is 7.72. The van der Waals surface area contributed by atoms with Crippen molar-refractivity contribution in [1.29, 1.82) is 0 Å². The average molecular weight is 512 g/mol. The number of benzene rings is 2. The molecule has 0 bridgehead atoms. The zero-order valence-electron chi connectivity index (χ0n) is 18.7. The number of nitrogens with zero attached hydrogens (tertiary/aromatic N) is 3. The molecule has 0 spiro atoms. The lowest BCUT2D eigenvalue weighted by Crippen LogP contribution is -2.29. The molecule has 0 unspecified atom stereocenters. The summed E-state index contributed by atoms with van der Waals surface area (Å²) in [6.45, 7) is 6.43. The van der Waals surface area contributed by atoms with Crippen molar-refractivity contribution in [2.24, 2.45) is 4.99 Å². The minimum atomic E-state index is -0.126. The van der Waals surface area contributed by atoms with Crippen molar-refractivity contribution in [3.63, 3.8) is 0 Å². The summed E-state index contributed by atoms with van der Waals surface area (Å²) in [4.78, 5) is 24.1. The van der Waals surface area contributed by atoms with Crippen LogP contribution in [0.5, 0.6) is 11.5 Å². The van der Waals surface area contributed by atoms with E-state index in [0.29, 0.717) is 44.9 Å². The Labute approximate surface area is 211 Å². The number of aromatic nitrogens is 1. The van der Waals surface area contributed by atoms with Gasteiger partial charge in [0.25, 0.3) is 5.91 Å². The van der Waals surface area contributed by atoms with Crippen molar-refractivity contribution in [3.05, 3.63) is 87.2 Å². The number of carbonyl (C=O) groups excluding carboxylic acids is 1. The third-order valence-electron chi connectivity index (χ3n) is 4.79. The van der Waals surface area contributed by atoms with E-state index >= 15 is 0 Å². The Morgan fingerprint density at radius 2 is 2.00 bits per heavy atom. The number of thioether (sulfide) groups is 1. The molecule has 3 aromatic rings. The lowest BCUT2D eigenvalue weighted by Gasteiger charge is -2.12. The number of aryl methyl sites for hydroxylation is 1. The third-order valence-corrected chi connectivity index (χ3v) is 6.90. The van der Waals surface area contributed by atoms with Gasteiger partial charge in [-0.05, 0) is 60.2 Å². The maximum atomic E-state index is 13.0. The Morgan fingerprint density at radius 1 is 1.21 bits per heavy atom. The second-order valence-electron chi connectivity index (χ2n) is 7.31. The van der Waals surface area contributed by atoms with Crippen LogP contribution in [0.3, 0.4) is 0 Å². The molecule has 1 aromatic heterocycles. The highest BCUT2D eigenvalue weighted by atomic mass is 35.5. The molecule has 174 valence electrons. The zero-order valence-corrected chi connectivity index (χ0v) is 21.0. The van der Waals surface area contributed by atoms with Gasteiger partial charge < -0.3 is 9.47 Å². The monoisotopic (exact) mass is 511 g/mol. The highest BCUT2D eigenvalue weighted by molar-refractivity contribution is 8.18. The molecule has 0 saturated carbocycles. The van der Waals surface area contributed by atoms with E-state index in [1.165, 1.54) is 23.1 Å². The van der Waals surface area contributed by atoms with Gasteiger partial charge in [-0.15, -0.1) is 17.9 Å². The van der Waals surface area contributed by atoms with E-state index in [2.05, 4.69) is 16.6 Å². The lowest BCUT2D eigenvalue weighted by atomic mass is 10.1. The number of aliphatic imine (C=N–C) groups is 1. The Hall–Kier alpha value is -3.07. The van der Waals surface area contributed by atoms with Gasteiger partial charge in [0.2, 0.25) is 5.13 Å². The summed E-state index contributed by atoms with van der Waals surface area (Å²) in [5.41, 5.74) is 2.71. The van der Waals surface area contributed by atoms with Crippen LogP contribution in [-0.4, -0.2) is 34.6 Å². The predicted molar refractivity (Wildman–Crippen MR) is 140 cm³/mol. The number of amidine groups is 1. The molecule has 1 aliphatic rings. The summed E-state index contributed by atoms with van der Waals surface area (Å²) < 4.78 is 11.5. The molecule has 34 heavy (non-hydrogen) atoms. The molecular formula is C25H22ClN3O3S2. The molecule has 1 saturated heterocycles. The molecule has 9 heteroatoms. The number of ether oxygens (including phenoxy) is 2. The number of amides is 1. The first-order valence-electron chi connectivity index (χ1n) is 10.3. The van der Waals surface area contributed by atoms with E-state index in [1.54, 1.807) is 18.1 Å². The van der Waals surface area contributed by atoms with Gasteiger partial charge in [-0.25, -0.2) is 4.98 Å². The van der Waals surface area contributed by atoms with E-state index in [-0.39, 0.29) is 5.91 Å². The fourth-order valence-electron chi connectivity index (χ4n) is 3.14. The maximum absolute atomic E-state index is 13.0. The second-order valence-corrected chi connectivity index (χ2v) is 9.59. The molecule has 1 amide bonds. The number of halogens is 1. The molecule has 1 aliphatic heterocycles. The smallest absolute Gasteiger partial charge is 0.267 e. The van der Waals surface area contributed by atoms with Gasteiger partial charge in [0, 0.05) is 16.9 Å². The first-order chi connectivity index (χ1) is 16.5. The topological polar surface area (TPSA) is 64.0 Å². The molecule has 2 aromatic carbocycles. The molecule has 0 N–H and O–H groups in total. The van der Waals surface area contributed by atoms with Crippen LogP contribution in [0.1, 0.15) is 16.8 Å². The van der Waals surface area contributed by atoms with Crippen LogP contribution in [0, 0.1) is 6.92 Å². The number of hydrogen-bond donors (Lipinski definition) is 0. The fourth-order valence-corrected chi connectivity index (χ4v) is 4.98. The van der Waals surface area contributed by atoms with Crippen LogP contribution in [-0.2, 0) is 11.4 Å². The van der Waals surface area contributed by atoms with Gasteiger partial charge in [-0.3, -0.25) is 9.69 Å². The van der Waals surface area contributed by atoms with Gasteiger partial charge in [-0.2, -0.15) is 4.99 Å². The summed E-state index contributed by atoms with van der Waals surface area (Å²) >= 11 is 8.70. The van der Waals surface area contributed by atoms with Crippen LogP contribution in [0.25, 0.3) is 6.08 Å². The first-order valence-corrected chi connectivity index (χ1v) is 12.4. The SMILES string of the molecule is C=CCN1C(=O)/C(=C/c2ccc(OCc3ccc(Cl)cc3)c(OC)c2)S/C1=N/c1nc(C)cs1. The molecule has 0 aliphatic carbocycles. The number of methoxy groups -OCH3 is 1. The van der Waals surface area contributed by atoms with Gasteiger partial charge >= 0.3 is 0 Å². The predicted octanol–water partition coefficient (Wildman–Crippen LogP) is 6.48. The van der Waals surface area contributed by atoms with Crippen molar-refractivity contribution in [3.8, 4) is 11.5 Å². The minimum Gasteiger partial charge on any atom is -0.493 e. The van der Waals surface area contributed by atoms with Gasteiger partial charge in [0.15, 0.2) is 16.7 Å². The Morgan fingerprint density at radius 3 is 2.68 bits per heavy atom. The summed E-state index contributed by atoms with van der Waals surface area (Å²) in [5, 5.41) is 3.81. The zero-order chi connectivity index (χ0) is 24.1. The minimum absolute atomic E-state index is 0.126. The summed E-state index contributed by atoms with van der Waals surface area (Å²) in [6.07, 6.45) is 3.50. The molecule has 0 radical (unpaired) electrons. The number of rotatable bonds is 8. The van der Waals surface area contributed by atoms with Crippen molar-refractivity contribution >= 4 is 57.0 Å². The Balaban J connectivity index is 1.55. The van der Waals surface area contributed by atoms with Gasteiger partial charge in [0.1, 0.15) is 6.61 Å². The summed E-state index contributed by atoms with van der Waals surface area (Å²) in [7, 11) is 1.59. The second kappa shape index (κ2) is 10.9. The summed E-state index contributed by atoms with van der Waals surface area (Å²) in [6, 6.07) is 13.0. The molecule has 4 rings (SSSR count). The van der Waals surface area contributed by atoms with Crippen molar-refractivity contribution in [2.75, 3.05) is 13.7 Å². The van der Waals surface area contributed by atoms with Crippen molar-refractivity contribution in [1.82, 2.24) is 9.88 Å². The molecular weight excluding hydrogens is 490 g/mol. The van der Waals surface area contributed by atoms with Crippen LogP contribution < -0.4 is 9.47 Å². The highest BCUT2D eigenvalue weighted by Crippen LogP contribution is 2.36. The van der Waals surface area contributed by atoms with Crippen LogP contribution in [0.4, 0.5) is 5.13 Å². The molecule has 2 heterocycles.